The third kappa shape index (κ3) is 1.64. The summed E-state index contributed by atoms with van der Waals surface area (Å²) >= 11 is 8.87. The first kappa shape index (κ1) is 9.19. The molecule has 1 N–H and O–H groups in total. The smallest absolute Gasteiger partial charge is 0.130 e. The molecule has 0 amide bonds. The van der Waals surface area contributed by atoms with Gasteiger partial charge in [0.25, 0.3) is 0 Å². The van der Waals surface area contributed by atoms with Crippen molar-refractivity contribution in [1.29, 1.82) is 0 Å². The first-order valence-electron chi connectivity index (χ1n) is 3.67. The number of fused-ring (bicyclic) bond motifs is 1. The molecule has 1 aromatic carbocycles. The summed E-state index contributed by atoms with van der Waals surface area (Å²) in [5, 5.41) is 10.7. The average molecular weight is 231 g/mol. The Kier molecular flexibility index (Phi) is 2.41. The predicted octanol–water partition coefficient (Wildman–Crippen LogP) is 3.98. The van der Waals surface area contributed by atoms with Crippen molar-refractivity contribution in [2.45, 2.75) is 4.90 Å². The van der Waals surface area contributed by atoms with Crippen molar-refractivity contribution in [3.63, 3.8) is 0 Å². The second kappa shape index (κ2) is 3.40. The molecule has 0 saturated carbocycles. The van der Waals surface area contributed by atoms with E-state index in [0.29, 0.717) is 5.75 Å². The normalized spacial score (nSPS) is 10.9. The summed E-state index contributed by atoms with van der Waals surface area (Å²) in [6.45, 7) is 0. The zero-order chi connectivity index (χ0) is 9.42. The van der Waals surface area contributed by atoms with Crippen LogP contribution in [-0.4, -0.2) is 11.4 Å². The van der Waals surface area contributed by atoms with Crippen LogP contribution in [0.15, 0.2) is 23.1 Å². The van der Waals surface area contributed by atoms with Gasteiger partial charge in [0.1, 0.15) is 5.75 Å². The lowest BCUT2D eigenvalue weighted by molar-refractivity contribution is 0.463. The maximum atomic E-state index is 9.56. The fourth-order valence-corrected chi connectivity index (χ4v) is 2.87. The van der Waals surface area contributed by atoms with E-state index in [1.165, 1.54) is 23.1 Å². The number of thiophene rings is 1. The Balaban J connectivity index is 2.72. The molecule has 0 saturated heterocycles. The van der Waals surface area contributed by atoms with Crippen LogP contribution in [0.25, 0.3) is 10.1 Å². The van der Waals surface area contributed by atoms with E-state index < -0.39 is 0 Å². The van der Waals surface area contributed by atoms with Gasteiger partial charge < -0.3 is 5.11 Å². The summed E-state index contributed by atoms with van der Waals surface area (Å²) < 4.78 is 1.79. The molecule has 0 radical (unpaired) electrons. The molecule has 0 unspecified atom stereocenters. The highest BCUT2D eigenvalue weighted by molar-refractivity contribution is 7.98. The Morgan fingerprint density at radius 3 is 2.85 bits per heavy atom. The van der Waals surface area contributed by atoms with Gasteiger partial charge in [-0.1, -0.05) is 11.6 Å². The molecule has 1 nitrogen and oxygen atoms in total. The molecule has 4 heteroatoms. The fraction of sp³-hybridized carbons (Fsp3) is 0.111. The first-order valence-corrected chi connectivity index (χ1v) is 6.08. The zero-order valence-electron chi connectivity index (χ0n) is 6.87. The van der Waals surface area contributed by atoms with Crippen LogP contribution in [-0.2, 0) is 0 Å². The Bertz CT molecular complexity index is 450. The molecular formula is C9H7ClOS2. The lowest BCUT2D eigenvalue weighted by Gasteiger charge is -1.99. The number of aromatic hydroxyl groups is 1. The van der Waals surface area contributed by atoms with E-state index in [0.717, 1.165) is 19.3 Å². The number of rotatable bonds is 1. The van der Waals surface area contributed by atoms with Gasteiger partial charge in [-0.15, -0.1) is 23.1 Å². The van der Waals surface area contributed by atoms with Crippen molar-refractivity contribution in [2.75, 3.05) is 6.26 Å². The molecular weight excluding hydrogens is 224 g/mol. The second-order valence-corrected chi connectivity index (χ2v) is 5.18. The minimum absolute atomic E-state index is 0.332. The topological polar surface area (TPSA) is 20.2 Å². The van der Waals surface area contributed by atoms with Crippen molar-refractivity contribution in [3.8, 4) is 5.75 Å². The number of benzene rings is 1. The number of phenolic OH excluding ortho intramolecular Hbond substituents is 1. The summed E-state index contributed by atoms with van der Waals surface area (Å²) in [6.07, 6.45) is 1.94. The summed E-state index contributed by atoms with van der Waals surface area (Å²) in [5.41, 5.74) is 0. The Labute approximate surface area is 89.3 Å². The third-order valence-corrected chi connectivity index (χ3v) is 3.78. The number of halogens is 1. The van der Waals surface area contributed by atoms with Gasteiger partial charge >= 0.3 is 0 Å². The van der Waals surface area contributed by atoms with Crippen molar-refractivity contribution in [1.82, 2.24) is 0 Å². The Morgan fingerprint density at radius 1 is 1.38 bits per heavy atom. The molecule has 13 heavy (non-hydrogen) atoms. The van der Waals surface area contributed by atoms with Crippen LogP contribution in [0.3, 0.4) is 0 Å². The van der Waals surface area contributed by atoms with Gasteiger partial charge in [0.15, 0.2) is 0 Å². The molecule has 0 aliphatic carbocycles. The third-order valence-electron chi connectivity index (χ3n) is 1.79. The standard InChI is InChI=1S/C9H7ClOS2/c1-12-8-2-5-3-9(10)13-7(5)4-6(8)11/h2-4,11H,1H3. The Morgan fingerprint density at radius 2 is 2.15 bits per heavy atom. The minimum atomic E-state index is 0.332. The lowest BCUT2D eigenvalue weighted by atomic mass is 10.2. The monoisotopic (exact) mass is 230 g/mol. The van der Waals surface area contributed by atoms with E-state index in [4.69, 9.17) is 11.6 Å². The summed E-state index contributed by atoms with van der Waals surface area (Å²) in [5.74, 6) is 0.332. The molecule has 0 fully saturated rings. The van der Waals surface area contributed by atoms with Gasteiger partial charge in [0, 0.05) is 9.60 Å². The highest BCUT2D eigenvalue weighted by Crippen LogP contribution is 2.36. The molecule has 1 heterocycles. The highest BCUT2D eigenvalue weighted by atomic mass is 35.5. The molecule has 0 atom stereocenters. The summed E-state index contributed by atoms with van der Waals surface area (Å²) in [6, 6.07) is 5.64. The molecule has 68 valence electrons. The second-order valence-electron chi connectivity index (χ2n) is 2.61. The van der Waals surface area contributed by atoms with Crippen LogP contribution in [0.4, 0.5) is 0 Å². The van der Waals surface area contributed by atoms with Crippen LogP contribution < -0.4 is 0 Å². The van der Waals surface area contributed by atoms with E-state index in [1.54, 1.807) is 6.07 Å². The van der Waals surface area contributed by atoms with Gasteiger partial charge in [0.05, 0.1) is 4.34 Å². The number of hydrogen-bond donors (Lipinski definition) is 1. The van der Waals surface area contributed by atoms with Crippen LogP contribution in [0.5, 0.6) is 5.75 Å². The molecule has 2 rings (SSSR count). The molecule has 0 aliphatic heterocycles. The van der Waals surface area contributed by atoms with E-state index in [2.05, 4.69) is 0 Å². The molecule has 1 aromatic heterocycles. The van der Waals surface area contributed by atoms with E-state index >= 15 is 0 Å². The van der Waals surface area contributed by atoms with Crippen molar-refractivity contribution in [3.05, 3.63) is 22.5 Å². The molecule has 0 spiro atoms. The van der Waals surface area contributed by atoms with Crippen LogP contribution in [0.2, 0.25) is 4.34 Å². The largest absolute Gasteiger partial charge is 0.507 e. The first-order chi connectivity index (χ1) is 6.20. The average Bonchev–Trinajstić information content (AvgIpc) is 2.42. The Hall–Kier alpha value is -0.380. The maximum absolute atomic E-state index is 9.56. The molecule has 2 aromatic rings. The zero-order valence-corrected chi connectivity index (χ0v) is 9.26. The summed E-state index contributed by atoms with van der Waals surface area (Å²) in [4.78, 5) is 0.891. The van der Waals surface area contributed by atoms with Gasteiger partial charge in [-0.2, -0.15) is 0 Å². The number of phenols is 1. The number of hydrogen-bond acceptors (Lipinski definition) is 3. The fourth-order valence-electron chi connectivity index (χ4n) is 1.19. The SMILES string of the molecule is CSc1cc2cc(Cl)sc2cc1O. The summed E-state index contributed by atoms with van der Waals surface area (Å²) in [7, 11) is 0. The maximum Gasteiger partial charge on any atom is 0.130 e. The van der Waals surface area contributed by atoms with E-state index in [9.17, 15) is 5.11 Å². The van der Waals surface area contributed by atoms with Crippen molar-refractivity contribution < 1.29 is 5.11 Å². The van der Waals surface area contributed by atoms with Crippen LogP contribution in [0, 0.1) is 0 Å². The van der Waals surface area contributed by atoms with E-state index in [1.807, 2.05) is 18.4 Å². The molecule has 0 aliphatic rings. The highest BCUT2D eigenvalue weighted by Gasteiger charge is 2.05. The number of thioether (sulfide) groups is 1. The minimum Gasteiger partial charge on any atom is -0.507 e. The van der Waals surface area contributed by atoms with Crippen molar-refractivity contribution in [2.24, 2.45) is 0 Å². The lowest BCUT2D eigenvalue weighted by Crippen LogP contribution is -1.71. The van der Waals surface area contributed by atoms with E-state index in [-0.39, 0.29) is 0 Å². The van der Waals surface area contributed by atoms with Crippen LogP contribution >= 0.6 is 34.7 Å². The van der Waals surface area contributed by atoms with Gasteiger partial charge in [-0.25, -0.2) is 0 Å². The van der Waals surface area contributed by atoms with Gasteiger partial charge in [0.2, 0.25) is 0 Å². The predicted molar refractivity (Wildman–Crippen MR) is 60.3 cm³/mol. The van der Waals surface area contributed by atoms with Crippen LogP contribution in [0.1, 0.15) is 0 Å². The quantitative estimate of drug-likeness (QED) is 0.748. The van der Waals surface area contributed by atoms with Gasteiger partial charge in [-0.05, 0) is 29.8 Å². The van der Waals surface area contributed by atoms with Gasteiger partial charge in [-0.3, -0.25) is 0 Å². The molecule has 0 bridgehead atoms. The van der Waals surface area contributed by atoms with Crippen molar-refractivity contribution >= 4 is 44.8 Å².